The number of H-pyrrole nitrogens is 1. The number of ether oxygens (including phenoxy) is 2. The second-order valence-electron chi connectivity index (χ2n) is 8.78. The van der Waals surface area contributed by atoms with Gasteiger partial charge in [-0.25, -0.2) is 4.79 Å². The van der Waals surface area contributed by atoms with Crippen LogP contribution in [0.5, 0.6) is 11.5 Å². The highest BCUT2D eigenvalue weighted by molar-refractivity contribution is 6.31. The average molecular weight is 507 g/mol. The number of aliphatic hydroxyl groups is 2. The molecule has 3 N–H and O–H groups in total. The minimum absolute atomic E-state index is 0.285. The first kappa shape index (κ1) is 24.2. The number of aromatic nitrogens is 1. The average Bonchev–Trinajstić information content (AvgIpc) is 3.27. The van der Waals surface area contributed by atoms with E-state index in [9.17, 15) is 9.90 Å². The van der Waals surface area contributed by atoms with Gasteiger partial charge in [0, 0.05) is 34.6 Å². The van der Waals surface area contributed by atoms with Gasteiger partial charge in [-0.3, -0.25) is 4.90 Å². The van der Waals surface area contributed by atoms with Crippen molar-refractivity contribution in [3.05, 3.63) is 94.6 Å². The van der Waals surface area contributed by atoms with Crippen LogP contribution in [0.3, 0.4) is 0 Å². The maximum Gasteiger partial charge on any atom is 0.416 e. The molecule has 2 heterocycles. The predicted molar refractivity (Wildman–Crippen MR) is 138 cm³/mol. The fourth-order valence-corrected chi connectivity index (χ4v) is 4.77. The number of fused-ring (bicyclic) bond motifs is 3. The van der Waals surface area contributed by atoms with E-state index in [1.165, 1.54) is 0 Å². The summed E-state index contributed by atoms with van der Waals surface area (Å²) in [7, 11) is 0. The third-order valence-electron chi connectivity index (χ3n) is 6.40. The lowest BCUT2D eigenvalue weighted by Crippen LogP contribution is -2.42. The number of amides is 1. The van der Waals surface area contributed by atoms with Gasteiger partial charge in [-0.15, -0.1) is 0 Å². The van der Waals surface area contributed by atoms with Crippen molar-refractivity contribution >= 4 is 28.6 Å². The molecule has 0 bridgehead atoms. The minimum atomic E-state index is -0.801. The predicted octanol–water partition coefficient (Wildman–Crippen LogP) is 5.09. The van der Waals surface area contributed by atoms with Gasteiger partial charge in [0.25, 0.3) is 0 Å². The lowest BCUT2D eigenvalue weighted by molar-refractivity contribution is 0.0754. The van der Waals surface area contributed by atoms with Crippen LogP contribution in [-0.4, -0.2) is 52.1 Å². The Morgan fingerprint density at radius 2 is 1.86 bits per heavy atom. The van der Waals surface area contributed by atoms with E-state index in [1.807, 2.05) is 60.7 Å². The topological polar surface area (TPSA) is 95.0 Å². The number of carbonyl (C=O) groups excluding carboxylic acids is 1. The minimum Gasteiger partial charge on any atom is -0.493 e. The molecule has 4 aromatic rings. The molecule has 2 atom stereocenters. The van der Waals surface area contributed by atoms with Gasteiger partial charge >= 0.3 is 6.09 Å². The molecule has 7 nitrogen and oxygen atoms in total. The summed E-state index contributed by atoms with van der Waals surface area (Å²) < 4.78 is 11.4. The molecule has 0 fully saturated rings. The number of aromatic amines is 1. The van der Waals surface area contributed by atoms with E-state index < -0.39 is 12.2 Å². The number of nitrogens with one attached hydrogen (secondary N) is 1. The van der Waals surface area contributed by atoms with Crippen molar-refractivity contribution in [2.75, 3.05) is 19.8 Å². The first-order valence-corrected chi connectivity index (χ1v) is 12.3. The van der Waals surface area contributed by atoms with Crippen LogP contribution in [0.25, 0.3) is 10.9 Å². The zero-order valence-corrected chi connectivity index (χ0v) is 20.3. The van der Waals surface area contributed by atoms with Crippen LogP contribution in [-0.2, 0) is 6.42 Å². The molecular weight excluding hydrogens is 480 g/mol. The monoisotopic (exact) mass is 506 g/mol. The lowest BCUT2D eigenvalue weighted by Gasteiger charge is -2.35. The number of para-hydroxylation sites is 1. The maximum absolute atomic E-state index is 13.3. The highest BCUT2D eigenvalue weighted by atomic mass is 35.5. The standard InChI is InChI=1S/C28H27ClN2O5/c29-19-8-11-25-24(16-19)23-12-14-31(28(34)36-22-4-2-1-3-5-22)27(26(23)30-25)18-6-9-21(10-7-18)35-15-13-20(33)17-32/h1-11,16,20,27,30,32-33H,12-15,17H2/t20-,27?/m0/s1. The summed E-state index contributed by atoms with van der Waals surface area (Å²) in [5.41, 5.74) is 3.94. The van der Waals surface area contributed by atoms with Crippen molar-refractivity contribution in [1.82, 2.24) is 9.88 Å². The Kier molecular flexibility index (Phi) is 7.13. The third-order valence-corrected chi connectivity index (χ3v) is 6.63. The molecule has 1 aliphatic rings. The SMILES string of the molecule is O=C(Oc1ccccc1)N1CCc2c([nH]c3ccc(Cl)cc23)C1c1ccc(OCC[C@H](O)CO)cc1. The maximum atomic E-state index is 13.3. The van der Waals surface area contributed by atoms with Crippen molar-refractivity contribution in [1.29, 1.82) is 0 Å². The van der Waals surface area contributed by atoms with Crippen molar-refractivity contribution in [2.24, 2.45) is 0 Å². The zero-order chi connectivity index (χ0) is 25.1. The van der Waals surface area contributed by atoms with Gasteiger partial charge in [0.15, 0.2) is 0 Å². The fraction of sp³-hybridized carbons (Fsp3) is 0.250. The summed E-state index contributed by atoms with van der Waals surface area (Å²) in [6.45, 7) is 0.476. The molecule has 1 aromatic heterocycles. The Morgan fingerprint density at radius 1 is 1.08 bits per heavy atom. The number of halogens is 1. The smallest absolute Gasteiger partial charge is 0.416 e. The van der Waals surface area contributed by atoms with E-state index in [0.717, 1.165) is 27.7 Å². The summed E-state index contributed by atoms with van der Waals surface area (Å²) in [4.78, 5) is 18.6. The highest BCUT2D eigenvalue weighted by Crippen LogP contribution is 2.40. The van der Waals surface area contributed by atoms with Crippen LogP contribution in [0.2, 0.25) is 5.02 Å². The Balaban J connectivity index is 1.47. The largest absolute Gasteiger partial charge is 0.493 e. The highest BCUT2D eigenvalue weighted by Gasteiger charge is 2.35. The van der Waals surface area contributed by atoms with Gasteiger partial charge < -0.3 is 24.7 Å². The fourth-order valence-electron chi connectivity index (χ4n) is 4.60. The van der Waals surface area contributed by atoms with Gasteiger partial charge in [0.05, 0.1) is 19.3 Å². The number of hydrogen-bond acceptors (Lipinski definition) is 5. The summed E-state index contributed by atoms with van der Waals surface area (Å²) in [6.07, 6.45) is -0.220. The molecule has 186 valence electrons. The Morgan fingerprint density at radius 3 is 2.61 bits per heavy atom. The van der Waals surface area contributed by atoms with E-state index in [4.69, 9.17) is 26.2 Å². The van der Waals surface area contributed by atoms with E-state index >= 15 is 0 Å². The number of aliphatic hydroxyl groups excluding tert-OH is 2. The summed E-state index contributed by atoms with van der Waals surface area (Å²) in [5, 5.41) is 20.2. The molecule has 8 heteroatoms. The molecular formula is C28H27ClN2O5. The number of carbonyl (C=O) groups is 1. The molecule has 0 saturated heterocycles. The Bertz CT molecular complexity index is 1340. The quantitative estimate of drug-likeness (QED) is 0.324. The normalized spacial score (nSPS) is 16.0. The van der Waals surface area contributed by atoms with Crippen molar-refractivity contribution in [3.8, 4) is 11.5 Å². The molecule has 1 amide bonds. The van der Waals surface area contributed by atoms with Gasteiger partial charge in [0.2, 0.25) is 0 Å². The lowest BCUT2D eigenvalue weighted by atomic mass is 9.92. The van der Waals surface area contributed by atoms with Gasteiger partial charge in [-0.1, -0.05) is 41.9 Å². The van der Waals surface area contributed by atoms with Crippen LogP contribution < -0.4 is 9.47 Å². The number of rotatable bonds is 7. The summed E-state index contributed by atoms with van der Waals surface area (Å²) in [6, 6.07) is 22.0. The second kappa shape index (κ2) is 10.6. The van der Waals surface area contributed by atoms with Gasteiger partial charge in [-0.05, 0) is 60.0 Å². The van der Waals surface area contributed by atoms with Gasteiger partial charge in [-0.2, -0.15) is 0 Å². The Labute approximate surface area is 213 Å². The molecule has 1 unspecified atom stereocenters. The first-order valence-electron chi connectivity index (χ1n) is 11.9. The third kappa shape index (κ3) is 5.04. The van der Waals surface area contributed by atoms with Crippen LogP contribution in [0, 0.1) is 0 Å². The van der Waals surface area contributed by atoms with Crippen molar-refractivity contribution < 1.29 is 24.5 Å². The van der Waals surface area contributed by atoms with E-state index in [-0.39, 0.29) is 19.3 Å². The van der Waals surface area contributed by atoms with E-state index in [0.29, 0.717) is 35.9 Å². The number of benzene rings is 3. The molecule has 5 rings (SSSR count). The number of hydrogen-bond donors (Lipinski definition) is 3. The summed E-state index contributed by atoms with van der Waals surface area (Å²) in [5.74, 6) is 1.13. The van der Waals surface area contributed by atoms with Crippen molar-refractivity contribution in [2.45, 2.75) is 25.0 Å². The van der Waals surface area contributed by atoms with E-state index in [2.05, 4.69) is 4.98 Å². The first-order chi connectivity index (χ1) is 17.5. The zero-order valence-electron chi connectivity index (χ0n) is 19.6. The Hall–Kier alpha value is -3.52. The molecule has 0 spiro atoms. The van der Waals surface area contributed by atoms with Crippen LogP contribution in [0.15, 0.2) is 72.8 Å². The molecule has 36 heavy (non-hydrogen) atoms. The summed E-state index contributed by atoms with van der Waals surface area (Å²) >= 11 is 6.29. The molecule has 0 saturated carbocycles. The van der Waals surface area contributed by atoms with Gasteiger partial charge in [0.1, 0.15) is 17.5 Å². The molecule has 3 aromatic carbocycles. The van der Waals surface area contributed by atoms with Crippen LogP contribution in [0.4, 0.5) is 4.79 Å². The number of nitrogens with zero attached hydrogens (tertiary/aromatic N) is 1. The molecule has 0 aliphatic carbocycles. The van der Waals surface area contributed by atoms with Crippen LogP contribution in [0.1, 0.15) is 29.3 Å². The van der Waals surface area contributed by atoms with Crippen LogP contribution >= 0.6 is 11.6 Å². The van der Waals surface area contributed by atoms with E-state index in [1.54, 1.807) is 17.0 Å². The molecule has 1 aliphatic heterocycles. The second-order valence-corrected chi connectivity index (χ2v) is 9.21. The molecule has 0 radical (unpaired) electrons. The van der Waals surface area contributed by atoms with Crippen molar-refractivity contribution in [3.63, 3.8) is 0 Å².